The fourth-order valence-electron chi connectivity index (χ4n) is 7.36. The summed E-state index contributed by atoms with van der Waals surface area (Å²) in [5.74, 6) is -0.935. The van der Waals surface area contributed by atoms with Crippen LogP contribution in [0.25, 0.3) is 0 Å². The Labute approximate surface area is 395 Å². The molecule has 0 rings (SSSR count). The molecule has 64 heavy (non-hydrogen) atoms. The number of unbranched alkanes of at least 4 members (excludes halogenated alkanes) is 25. The summed E-state index contributed by atoms with van der Waals surface area (Å²) < 4.78 is 16.8. The molecular weight excluding hydrogens is 793 g/mol. The van der Waals surface area contributed by atoms with Crippen LogP contribution in [0.1, 0.15) is 258 Å². The van der Waals surface area contributed by atoms with E-state index in [1.165, 1.54) is 109 Å². The van der Waals surface area contributed by atoms with Crippen molar-refractivity contribution < 1.29 is 28.6 Å². The van der Waals surface area contributed by atoms with Crippen LogP contribution in [-0.2, 0) is 28.6 Å². The lowest BCUT2D eigenvalue weighted by Crippen LogP contribution is -2.30. The maximum atomic E-state index is 12.8. The first-order chi connectivity index (χ1) is 31.5. The SMILES string of the molecule is CC/C=C\C/C=C\C/C=C\CCCCCC(=O)OCC(COC(=O)CCCCCCCCC/C=C\C/C=C\CCCCCC)OC(=O)CCCCCCC/C=C\CCCCCCCC. The van der Waals surface area contributed by atoms with Gasteiger partial charge in [0.15, 0.2) is 6.10 Å². The second-order valence-electron chi connectivity index (χ2n) is 17.7. The normalized spacial score (nSPS) is 12.6. The van der Waals surface area contributed by atoms with Gasteiger partial charge in [0.2, 0.25) is 0 Å². The quantitative estimate of drug-likeness (QED) is 0.0262. The molecule has 0 aromatic heterocycles. The number of hydrogen-bond acceptors (Lipinski definition) is 6. The van der Waals surface area contributed by atoms with Crippen LogP contribution >= 0.6 is 0 Å². The van der Waals surface area contributed by atoms with E-state index in [1.807, 2.05) is 0 Å². The number of carbonyl (C=O) groups excluding carboxylic acids is 3. The highest BCUT2D eigenvalue weighted by Crippen LogP contribution is 2.14. The van der Waals surface area contributed by atoms with Crippen LogP contribution in [0.5, 0.6) is 0 Å². The Balaban J connectivity index is 4.42. The van der Waals surface area contributed by atoms with Crippen LogP contribution in [0.15, 0.2) is 72.9 Å². The molecule has 1 unspecified atom stereocenters. The predicted octanol–water partition coefficient (Wildman–Crippen LogP) is 17.8. The van der Waals surface area contributed by atoms with E-state index in [1.54, 1.807) is 0 Å². The van der Waals surface area contributed by atoms with Gasteiger partial charge in [-0.15, -0.1) is 0 Å². The summed E-state index contributed by atoms with van der Waals surface area (Å²) >= 11 is 0. The molecular formula is C58H100O6. The predicted molar refractivity (Wildman–Crippen MR) is 274 cm³/mol. The molecule has 0 amide bonds. The van der Waals surface area contributed by atoms with Crippen LogP contribution in [0.3, 0.4) is 0 Å². The zero-order valence-electron chi connectivity index (χ0n) is 42.0. The highest BCUT2D eigenvalue weighted by molar-refractivity contribution is 5.71. The molecule has 0 N–H and O–H groups in total. The number of rotatable bonds is 48. The fraction of sp³-hybridized carbons (Fsp3) is 0.741. The first-order valence-electron chi connectivity index (χ1n) is 26.9. The molecule has 368 valence electrons. The summed E-state index contributed by atoms with van der Waals surface area (Å²) in [5, 5.41) is 0. The van der Waals surface area contributed by atoms with E-state index in [4.69, 9.17) is 14.2 Å². The van der Waals surface area contributed by atoms with Crippen LogP contribution in [0, 0.1) is 0 Å². The Morgan fingerprint density at radius 2 is 0.609 bits per heavy atom. The van der Waals surface area contributed by atoms with Crippen LogP contribution in [-0.4, -0.2) is 37.2 Å². The standard InChI is InChI=1S/C58H100O6/c1-4-7-10-13-16-19-22-25-27-28-29-31-33-36-39-42-45-48-51-57(60)63-54-55(53-62-56(59)50-47-44-41-38-35-32-24-21-18-15-12-9-6-3)64-58(61)52-49-46-43-40-37-34-30-26-23-20-17-14-11-8-5-2/h9,12,18-19,21-22,26-28,30,32,35,55H,4-8,10-11,13-17,20,23-25,29,31,33-34,36-54H2,1-3H3/b12-9-,21-18-,22-19-,28-27-,30-26-,35-32-. The molecule has 0 aromatic rings. The largest absolute Gasteiger partial charge is 0.462 e. The van der Waals surface area contributed by atoms with E-state index >= 15 is 0 Å². The topological polar surface area (TPSA) is 78.9 Å². The van der Waals surface area contributed by atoms with Crippen LogP contribution in [0.2, 0.25) is 0 Å². The average molecular weight is 893 g/mol. The molecule has 0 radical (unpaired) electrons. The van der Waals surface area contributed by atoms with Gasteiger partial charge in [-0.1, -0.05) is 203 Å². The van der Waals surface area contributed by atoms with Crippen molar-refractivity contribution in [3.8, 4) is 0 Å². The van der Waals surface area contributed by atoms with Gasteiger partial charge in [-0.3, -0.25) is 14.4 Å². The fourth-order valence-corrected chi connectivity index (χ4v) is 7.36. The molecule has 0 spiro atoms. The summed E-state index contributed by atoms with van der Waals surface area (Å²) in [6.45, 7) is 6.47. The second-order valence-corrected chi connectivity index (χ2v) is 17.7. The third kappa shape index (κ3) is 49.9. The molecule has 0 aromatic carbocycles. The zero-order chi connectivity index (χ0) is 46.5. The van der Waals surface area contributed by atoms with Crippen molar-refractivity contribution in [1.82, 2.24) is 0 Å². The van der Waals surface area contributed by atoms with E-state index in [9.17, 15) is 14.4 Å². The minimum atomic E-state index is -0.794. The molecule has 0 aliphatic carbocycles. The van der Waals surface area contributed by atoms with Gasteiger partial charge in [0.05, 0.1) is 0 Å². The molecule has 0 saturated carbocycles. The molecule has 0 bridgehead atoms. The van der Waals surface area contributed by atoms with E-state index in [0.29, 0.717) is 19.3 Å². The first kappa shape index (κ1) is 60.9. The van der Waals surface area contributed by atoms with Gasteiger partial charge in [0.25, 0.3) is 0 Å². The summed E-state index contributed by atoms with van der Waals surface area (Å²) in [6.07, 6.45) is 66.0. The zero-order valence-corrected chi connectivity index (χ0v) is 42.0. The lowest BCUT2D eigenvalue weighted by molar-refractivity contribution is -0.167. The summed E-state index contributed by atoms with van der Waals surface area (Å²) in [7, 11) is 0. The van der Waals surface area contributed by atoms with Crippen LogP contribution in [0.4, 0.5) is 0 Å². The smallest absolute Gasteiger partial charge is 0.306 e. The van der Waals surface area contributed by atoms with Crippen molar-refractivity contribution in [2.45, 2.75) is 264 Å². The van der Waals surface area contributed by atoms with Crippen molar-refractivity contribution in [3.63, 3.8) is 0 Å². The number of esters is 3. The third-order valence-electron chi connectivity index (χ3n) is 11.4. The Morgan fingerprint density at radius 3 is 1.00 bits per heavy atom. The Hall–Kier alpha value is -3.15. The van der Waals surface area contributed by atoms with E-state index in [2.05, 4.69) is 93.7 Å². The molecule has 0 heterocycles. The van der Waals surface area contributed by atoms with Gasteiger partial charge in [-0.05, 0) is 109 Å². The van der Waals surface area contributed by atoms with Crippen molar-refractivity contribution in [3.05, 3.63) is 72.9 Å². The lowest BCUT2D eigenvalue weighted by Gasteiger charge is -2.18. The van der Waals surface area contributed by atoms with Gasteiger partial charge in [-0.2, -0.15) is 0 Å². The monoisotopic (exact) mass is 893 g/mol. The van der Waals surface area contributed by atoms with Gasteiger partial charge in [0, 0.05) is 19.3 Å². The minimum Gasteiger partial charge on any atom is -0.462 e. The molecule has 0 aliphatic rings. The third-order valence-corrected chi connectivity index (χ3v) is 11.4. The number of hydrogen-bond donors (Lipinski definition) is 0. The van der Waals surface area contributed by atoms with Gasteiger partial charge >= 0.3 is 17.9 Å². The van der Waals surface area contributed by atoms with Crippen molar-refractivity contribution in [2.24, 2.45) is 0 Å². The maximum Gasteiger partial charge on any atom is 0.306 e. The molecule has 6 heteroatoms. The Kier molecular flexibility index (Phi) is 49.9. The molecule has 1 atom stereocenters. The number of allylic oxidation sites excluding steroid dienone is 12. The van der Waals surface area contributed by atoms with E-state index < -0.39 is 6.10 Å². The lowest BCUT2D eigenvalue weighted by atomic mass is 10.1. The molecule has 6 nitrogen and oxygen atoms in total. The molecule has 0 aliphatic heterocycles. The Morgan fingerprint density at radius 1 is 0.328 bits per heavy atom. The highest BCUT2D eigenvalue weighted by atomic mass is 16.6. The van der Waals surface area contributed by atoms with E-state index in [-0.39, 0.29) is 31.1 Å². The molecule has 0 saturated heterocycles. The Bertz CT molecular complexity index is 1210. The van der Waals surface area contributed by atoms with Gasteiger partial charge in [-0.25, -0.2) is 0 Å². The number of carbonyl (C=O) groups is 3. The van der Waals surface area contributed by atoms with Crippen molar-refractivity contribution in [1.29, 1.82) is 0 Å². The van der Waals surface area contributed by atoms with Gasteiger partial charge < -0.3 is 14.2 Å². The average Bonchev–Trinajstić information content (AvgIpc) is 3.29. The number of ether oxygens (including phenoxy) is 3. The highest BCUT2D eigenvalue weighted by Gasteiger charge is 2.19. The van der Waals surface area contributed by atoms with Crippen LogP contribution < -0.4 is 0 Å². The van der Waals surface area contributed by atoms with Crippen molar-refractivity contribution in [2.75, 3.05) is 13.2 Å². The molecule has 0 fully saturated rings. The first-order valence-corrected chi connectivity index (χ1v) is 26.9. The van der Waals surface area contributed by atoms with Gasteiger partial charge in [0.1, 0.15) is 13.2 Å². The van der Waals surface area contributed by atoms with Crippen molar-refractivity contribution >= 4 is 17.9 Å². The summed E-state index contributed by atoms with van der Waals surface area (Å²) in [4.78, 5) is 38.0. The minimum absolute atomic E-state index is 0.0923. The summed E-state index contributed by atoms with van der Waals surface area (Å²) in [5.41, 5.74) is 0. The maximum absolute atomic E-state index is 12.8. The summed E-state index contributed by atoms with van der Waals surface area (Å²) in [6, 6.07) is 0. The van der Waals surface area contributed by atoms with E-state index in [0.717, 1.165) is 109 Å². The second kappa shape index (κ2) is 52.5.